The fourth-order valence-corrected chi connectivity index (χ4v) is 3.82. The highest BCUT2D eigenvalue weighted by molar-refractivity contribution is 7.80. The minimum absolute atomic E-state index is 0.334. The summed E-state index contributed by atoms with van der Waals surface area (Å²) >= 11 is 24.1. The van der Waals surface area contributed by atoms with Crippen molar-refractivity contribution in [2.45, 2.75) is 13.0 Å². The normalized spacial score (nSPS) is 16.8. The molecule has 2 aromatic rings. The molecule has 1 heterocycles. The number of amides is 1. The van der Waals surface area contributed by atoms with E-state index in [0.29, 0.717) is 42.7 Å². The molecule has 0 aliphatic carbocycles. The Hall–Kier alpha value is -1.79. The molecule has 1 atom stereocenters. The number of halogens is 3. The molecule has 0 bridgehead atoms. The number of hydrogen-bond donors (Lipinski definition) is 3. The fraction of sp³-hybridized carbons (Fsp3) is 0.111. The quantitative estimate of drug-likeness (QED) is 0.599. The summed E-state index contributed by atoms with van der Waals surface area (Å²) < 4.78 is 0. The monoisotopic (exact) mass is 425 g/mol. The van der Waals surface area contributed by atoms with E-state index in [1.165, 1.54) is 0 Å². The van der Waals surface area contributed by atoms with E-state index in [1.54, 1.807) is 49.4 Å². The van der Waals surface area contributed by atoms with Crippen LogP contribution in [0.5, 0.6) is 0 Å². The van der Waals surface area contributed by atoms with Crippen molar-refractivity contribution in [3.05, 3.63) is 74.4 Å². The summed E-state index contributed by atoms with van der Waals surface area (Å²) in [7, 11) is 0. The Labute approximate surface area is 171 Å². The van der Waals surface area contributed by atoms with Crippen molar-refractivity contribution < 1.29 is 4.79 Å². The Morgan fingerprint density at radius 1 is 1.04 bits per heavy atom. The number of para-hydroxylation sites is 1. The first-order chi connectivity index (χ1) is 12.4. The molecular formula is C18H14Cl3N3OS. The molecule has 0 spiro atoms. The van der Waals surface area contributed by atoms with Crippen LogP contribution in [0.4, 0.5) is 5.69 Å². The molecule has 0 fully saturated rings. The molecule has 0 unspecified atom stereocenters. The zero-order valence-electron chi connectivity index (χ0n) is 13.6. The van der Waals surface area contributed by atoms with Crippen LogP contribution in [0.25, 0.3) is 0 Å². The minimum atomic E-state index is -0.590. The molecule has 0 saturated carbocycles. The van der Waals surface area contributed by atoms with Crippen molar-refractivity contribution in [3.8, 4) is 0 Å². The van der Waals surface area contributed by atoms with Crippen molar-refractivity contribution in [1.82, 2.24) is 10.6 Å². The zero-order valence-corrected chi connectivity index (χ0v) is 16.7. The number of hydrogen-bond acceptors (Lipinski definition) is 2. The van der Waals surface area contributed by atoms with Crippen LogP contribution in [0.15, 0.2) is 53.7 Å². The summed E-state index contributed by atoms with van der Waals surface area (Å²) in [6, 6.07) is 11.6. The van der Waals surface area contributed by atoms with E-state index in [9.17, 15) is 4.79 Å². The second-order valence-corrected chi connectivity index (χ2v) is 7.27. The second kappa shape index (κ2) is 7.84. The summed E-state index contributed by atoms with van der Waals surface area (Å²) in [4.78, 5) is 13.0. The maximum atomic E-state index is 13.0. The van der Waals surface area contributed by atoms with Gasteiger partial charge in [-0.25, -0.2) is 0 Å². The summed E-state index contributed by atoms with van der Waals surface area (Å²) in [6.45, 7) is 1.77. The van der Waals surface area contributed by atoms with Crippen LogP contribution in [0.3, 0.4) is 0 Å². The van der Waals surface area contributed by atoms with Gasteiger partial charge in [-0.1, -0.05) is 53.0 Å². The Kier molecular flexibility index (Phi) is 5.73. The van der Waals surface area contributed by atoms with Gasteiger partial charge < -0.3 is 16.0 Å². The molecule has 0 radical (unpaired) electrons. The van der Waals surface area contributed by atoms with E-state index in [1.807, 2.05) is 0 Å². The van der Waals surface area contributed by atoms with E-state index < -0.39 is 6.04 Å². The smallest absolute Gasteiger partial charge is 0.255 e. The maximum absolute atomic E-state index is 13.0. The van der Waals surface area contributed by atoms with Crippen LogP contribution in [-0.2, 0) is 4.79 Å². The van der Waals surface area contributed by atoms with Crippen LogP contribution in [0.2, 0.25) is 15.1 Å². The average Bonchev–Trinajstić information content (AvgIpc) is 2.56. The first-order valence-corrected chi connectivity index (χ1v) is 9.20. The highest BCUT2D eigenvalue weighted by Gasteiger charge is 2.32. The topological polar surface area (TPSA) is 53.2 Å². The number of allylic oxidation sites excluding steroid dienone is 1. The van der Waals surface area contributed by atoms with Crippen molar-refractivity contribution in [1.29, 1.82) is 0 Å². The number of anilines is 1. The van der Waals surface area contributed by atoms with Gasteiger partial charge in [0.05, 0.1) is 22.3 Å². The van der Waals surface area contributed by atoms with E-state index in [4.69, 9.17) is 47.0 Å². The van der Waals surface area contributed by atoms with Crippen LogP contribution >= 0.6 is 47.0 Å². The number of thiocarbonyl (C=S) groups is 1. The maximum Gasteiger partial charge on any atom is 0.255 e. The Balaban J connectivity index is 2.04. The van der Waals surface area contributed by atoms with Crippen LogP contribution in [0, 0.1) is 0 Å². The van der Waals surface area contributed by atoms with Crippen LogP contribution < -0.4 is 16.0 Å². The van der Waals surface area contributed by atoms with Gasteiger partial charge in [0.15, 0.2) is 5.11 Å². The molecule has 4 nitrogen and oxygen atoms in total. The van der Waals surface area contributed by atoms with Crippen molar-refractivity contribution in [2.24, 2.45) is 0 Å². The molecule has 2 aromatic carbocycles. The van der Waals surface area contributed by atoms with Gasteiger partial charge in [-0.2, -0.15) is 0 Å². The summed E-state index contributed by atoms with van der Waals surface area (Å²) in [5.74, 6) is -0.334. The first kappa shape index (κ1) is 19.0. The third-order valence-electron chi connectivity index (χ3n) is 3.92. The third-order valence-corrected chi connectivity index (χ3v) is 5.13. The van der Waals surface area contributed by atoms with Gasteiger partial charge in [0.2, 0.25) is 0 Å². The first-order valence-electron chi connectivity index (χ1n) is 7.66. The lowest BCUT2D eigenvalue weighted by Crippen LogP contribution is -2.46. The van der Waals surface area contributed by atoms with Crippen molar-refractivity contribution in [2.75, 3.05) is 5.32 Å². The third kappa shape index (κ3) is 3.81. The largest absolute Gasteiger partial charge is 0.351 e. The summed E-state index contributed by atoms with van der Waals surface area (Å²) in [5.41, 5.74) is 2.13. The van der Waals surface area contributed by atoms with E-state index in [-0.39, 0.29) is 5.91 Å². The highest BCUT2D eigenvalue weighted by Crippen LogP contribution is 2.37. The molecule has 1 aliphatic rings. The molecule has 134 valence electrons. The Morgan fingerprint density at radius 2 is 1.65 bits per heavy atom. The number of nitrogens with one attached hydrogen (secondary N) is 3. The van der Waals surface area contributed by atoms with Gasteiger partial charge in [-0.05, 0) is 43.4 Å². The lowest BCUT2D eigenvalue weighted by molar-refractivity contribution is -0.113. The van der Waals surface area contributed by atoms with Crippen LogP contribution in [-0.4, -0.2) is 11.0 Å². The number of carbonyl (C=O) groups excluding carboxylic acids is 1. The fourth-order valence-electron chi connectivity index (χ4n) is 2.75. The van der Waals surface area contributed by atoms with Gasteiger partial charge in [-0.3, -0.25) is 4.79 Å². The predicted molar refractivity (Wildman–Crippen MR) is 111 cm³/mol. The molecule has 1 aliphatic heterocycles. The van der Waals surface area contributed by atoms with Gasteiger partial charge in [0.25, 0.3) is 5.91 Å². The number of benzene rings is 2. The SMILES string of the molecule is CC1=C(C(=O)Nc2ccccc2Cl)[C@H](c2c(Cl)cccc2Cl)NC(=S)N1. The Bertz CT molecular complexity index is 909. The van der Waals surface area contributed by atoms with Crippen molar-refractivity contribution >= 4 is 63.7 Å². The average molecular weight is 427 g/mol. The van der Waals surface area contributed by atoms with Crippen LogP contribution in [0.1, 0.15) is 18.5 Å². The predicted octanol–water partition coefficient (Wildman–Crippen LogP) is 5.08. The molecule has 3 rings (SSSR count). The van der Waals surface area contributed by atoms with Gasteiger partial charge in [-0.15, -0.1) is 0 Å². The molecule has 0 saturated heterocycles. The van der Waals surface area contributed by atoms with Gasteiger partial charge >= 0.3 is 0 Å². The Morgan fingerprint density at radius 3 is 2.31 bits per heavy atom. The molecule has 1 amide bonds. The number of rotatable bonds is 3. The highest BCUT2D eigenvalue weighted by atomic mass is 35.5. The number of carbonyl (C=O) groups is 1. The summed E-state index contributed by atoms with van der Waals surface area (Å²) in [5, 5.41) is 10.6. The zero-order chi connectivity index (χ0) is 18.8. The summed E-state index contributed by atoms with van der Waals surface area (Å²) in [6.07, 6.45) is 0. The van der Waals surface area contributed by atoms with E-state index in [0.717, 1.165) is 0 Å². The molecule has 3 N–H and O–H groups in total. The molecule has 8 heteroatoms. The standard InChI is InChI=1S/C18H14Cl3N3OS/c1-9-14(17(25)23-13-8-3-2-5-10(13)19)16(24-18(26)22-9)15-11(20)6-4-7-12(15)21/h2-8,16H,1H3,(H,23,25)(H2,22,24,26)/t16-/m1/s1. The second-order valence-electron chi connectivity index (χ2n) is 5.64. The lowest BCUT2D eigenvalue weighted by atomic mass is 9.94. The van der Waals surface area contributed by atoms with Gasteiger partial charge in [0, 0.05) is 21.3 Å². The molecular weight excluding hydrogens is 413 g/mol. The minimum Gasteiger partial charge on any atom is -0.351 e. The van der Waals surface area contributed by atoms with E-state index >= 15 is 0 Å². The molecule has 26 heavy (non-hydrogen) atoms. The van der Waals surface area contributed by atoms with Gasteiger partial charge in [0.1, 0.15) is 0 Å². The van der Waals surface area contributed by atoms with Crippen molar-refractivity contribution in [3.63, 3.8) is 0 Å². The molecule has 0 aromatic heterocycles. The lowest BCUT2D eigenvalue weighted by Gasteiger charge is -2.31. The van der Waals surface area contributed by atoms with E-state index in [2.05, 4.69) is 16.0 Å².